The van der Waals surface area contributed by atoms with Crippen molar-refractivity contribution in [1.82, 2.24) is 24.1 Å². The highest BCUT2D eigenvalue weighted by atomic mass is 19.4. The highest BCUT2D eigenvalue weighted by Gasteiger charge is 2.42. The summed E-state index contributed by atoms with van der Waals surface area (Å²) in [4.78, 5) is 31.6. The number of nitrogens with one attached hydrogen (secondary N) is 1. The SMILES string of the molecule is Cc1cn2cc(NC(=O)c3cccc(-n4nc(C(F)(F)F)c5c4CCN(C(=O)C(C)(C)C)C5)c3)ccc2n1. The second kappa shape index (κ2) is 9.00. The van der Waals surface area contributed by atoms with E-state index >= 15 is 0 Å². The molecule has 4 aromatic rings. The number of amides is 2. The standard InChI is InChI=1S/C27H27F3N6O2/c1-16-13-35-14-18(8-9-22(35)31-16)32-24(37)17-6-5-7-19(12-17)36-21-10-11-34(25(38)26(2,3)4)15-20(21)23(33-36)27(28,29)30/h5-9,12-14H,10-11,15H2,1-4H3,(H,32,37). The number of aryl methyl sites for hydroxylation is 1. The molecule has 8 nitrogen and oxygen atoms in total. The lowest BCUT2D eigenvalue weighted by molar-refractivity contribution is -0.145. The third kappa shape index (κ3) is 4.75. The number of fused-ring (bicyclic) bond motifs is 2. The number of aromatic nitrogens is 4. The minimum absolute atomic E-state index is 0.0138. The van der Waals surface area contributed by atoms with Crippen LogP contribution >= 0.6 is 0 Å². The van der Waals surface area contributed by atoms with E-state index in [0.29, 0.717) is 17.1 Å². The number of carbonyl (C=O) groups is 2. The van der Waals surface area contributed by atoms with Crippen LogP contribution in [0.5, 0.6) is 0 Å². The first-order chi connectivity index (χ1) is 17.8. The summed E-state index contributed by atoms with van der Waals surface area (Å²) >= 11 is 0. The number of nitrogens with zero attached hydrogens (tertiary/aromatic N) is 5. The highest BCUT2D eigenvalue weighted by Crippen LogP contribution is 2.37. The van der Waals surface area contributed by atoms with Crippen molar-refractivity contribution >= 4 is 23.1 Å². The van der Waals surface area contributed by atoms with Crippen LogP contribution in [0.3, 0.4) is 0 Å². The van der Waals surface area contributed by atoms with E-state index in [4.69, 9.17) is 0 Å². The fourth-order valence-electron chi connectivity index (χ4n) is 4.68. The molecule has 0 radical (unpaired) electrons. The largest absolute Gasteiger partial charge is 0.435 e. The molecular weight excluding hydrogens is 497 g/mol. The number of benzene rings is 1. The van der Waals surface area contributed by atoms with E-state index in [1.54, 1.807) is 61.7 Å². The molecule has 1 aliphatic rings. The first-order valence-electron chi connectivity index (χ1n) is 12.2. The summed E-state index contributed by atoms with van der Waals surface area (Å²) in [5, 5.41) is 6.74. The number of hydrogen-bond acceptors (Lipinski definition) is 4. The van der Waals surface area contributed by atoms with Crippen LogP contribution in [-0.2, 0) is 23.9 Å². The lowest BCUT2D eigenvalue weighted by Gasteiger charge is -2.33. The molecule has 0 bridgehead atoms. The normalized spacial score (nSPS) is 14.0. The molecule has 1 aromatic carbocycles. The molecule has 5 rings (SSSR count). The molecule has 3 aromatic heterocycles. The van der Waals surface area contributed by atoms with Crippen molar-refractivity contribution < 1.29 is 22.8 Å². The van der Waals surface area contributed by atoms with Crippen molar-refractivity contribution in [3.05, 3.63) is 77.0 Å². The van der Waals surface area contributed by atoms with E-state index in [9.17, 15) is 22.8 Å². The molecule has 38 heavy (non-hydrogen) atoms. The second-order valence-electron chi connectivity index (χ2n) is 10.5. The van der Waals surface area contributed by atoms with Gasteiger partial charge in [0.05, 0.1) is 22.8 Å². The Bertz CT molecular complexity index is 1560. The van der Waals surface area contributed by atoms with Crippen LogP contribution < -0.4 is 5.32 Å². The van der Waals surface area contributed by atoms with Gasteiger partial charge < -0.3 is 14.6 Å². The first kappa shape index (κ1) is 25.5. The zero-order chi connectivity index (χ0) is 27.4. The van der Waals surface area contributed by atoms with Gasteiger partial charge in [0, 0.05) is 48.4 Å². The quantitative estimate of drug-likeness (QED) is 0.408. The van der Waals surface area contributed by atoms with E-state index < -0.39 is 23.2 Å². The molecule has 198 valence electrons. The molecule has 4 heterocycles. The van der Waals surface area contributed by atoms with Crippen molar-refractivity contribution in [3.63, 3.8) is 0 Å². The second-order valence-corrected chi connectivity index (χ2v) is 10.5. The lowest BCUT2D eigenvalue weighted by atomic mass is 9.93. The van der Waals surface area contributed by atoms with Gasteiger partial charge in [-0.15, -0.1) is 0 Å². The number of pyridine rings is 1. The molecule has 0 unspecified atom stereocenters. The van der Waals surface area contributed by atoms with Gasteiger partial charge in [0.15, 0.2) is 5.69 Å². The monoisotopic (exact) mass is 524 g/mol. The van der Waals surface area contributed by atoms with Crippen molar-refractivity contribution in [2.45, 2.75) is 46.8 Å². The Balaban J connectivity index is 1.46. The predicted molar refractivity (Wildman–Crippen MR) is 135 cm³/mol. The van der Waals surface area contributed by atoms with Gasteiger partial charge in [-0.05, 0) is 37.3 Å². The summed E-state index contributed by atoms with van der Waals surface area (Å²) in [6, 6.07) is 9.82. The number of halogens is 3. The molecule has 0 spiro atoms. The van der Waals surface area contributed by atoms with Crippen LogP contribution in [0.15, 0.2) is 48.8 Å². The molecule has 0 fully saturated rings. The van der Waals surface area contributed by atoms with Crippen molar-refractivity contribution in [2.24, 2.45) is 5.41 Å². The van der Waals surface area contributed by atoms with Gasteiger partial charge in [-0.1, -0.05) is 26.8 Å². The van der Waals surface area contributed by atoms with Gasteiger partial charge >= 0.3 is 6.18 Å². The number of rotatable bonds is 3. The maximum atomic E-state index is 14.0. The van der Waals surface area contributed by atoms with Gasteiger partial charge in [-0.2, -0.15) is 18.3 Å². The summed E-state index contributed by atoms with van der Waals surface area (Å²) in [5.74, 6) is -0.631. The van der Waals surface area contributed by atoms with Crippen LogP contribution in [0, 0.1) is 12.3 Å². The van der Waals surface area contributed by atoms with E-state index in [0.717, 1.165) is 11.3 Å². The van der Waals surface area contributed by atoms with Gasteiger partial charge in [0.25, 0.3) is 5.91 Å². The Kier molecular flexibility index (Phi) is 6.04. The van der Waals surface area contributed by atoms with Crippen LogP contribution in [0.2, 0.25) is 0 Å². The van der Waals surface area contributed by atoms with Gasteiger partial charge in [-0.25, -0.2) is 9.67 Å². The Morgan fingerprint density at radius 1 is 1.05 bits per heavy atom. The average Bonchev–Trinajstić information content (AvgIpc) is 3.42. The zero-order valence-electron chi connectivity index (χ0n) is 21.4. The number of hydrogen-bond donors (Lipinski definition) is 1. The maximum Gasteiger partial charge on any atom is 0.435 e. The topological polar surface area (TPSA) is 84.5 Å². The fourth-order valence-corrected chi connectivity index (χ4v) is 4.68. The molecule has 0 aliphatic carbocycles. The van der Waals surface area contributed by atoms with Crippen LogP contribution in [0.1, 0.15) is 53.8 Å². The minimum atomic E-state index is -4.69. The third-order valence-electron chi connectivity index (χ3n) is 6.44. The molecule has 0 saturated heterocycles. The van der Waals surface area contributed by atoms with Gasteiger partial charge in [-0.3, -0.25) is 9.59 Å². The van der Waals surface area contributed by atoms with E-state index in [-0.39, 0.29) is 36.5 Å². The molecule has 0 saturated carbocycles. The average molecular weight is 525 g/mol. The zero-order valence-corrected chi connectivity index (χ0v) is 21.4. The maximum absolute atomic E-state index is 14.0. The summed E-state index contributed by atoms with van der Waals surface area (Å²) < 4.78 is 45.0. The first-order valence-corrected chi connectivity index (χ1v) is 12.2. The summed E-state index contributed by atoms with van der Waals surface area (Å²) in [6.07, 6.45) is -0.911. The Morgan fingerprint density at radius 3 is 2.53 bits per heavy atom. The summed E-state index contributed by atoms with van der Waals surface area (Å²) in [6.45, 7) is 7.20. The molecule has 11 heteroatoms. The minimum Gasteiger partial charge on any atom is -0.337 e. The highest BCUT2D eigenvalue weighted by molar-refractivity contribution is 6.04. The number of carbonyl (C=O) groups excluding carboxylic acids is 2. The molecule has 1 N–H and O–H groups in total. The lowest BCUT2D eigenvalue weighted by Crippen LogP contribution is -2.42. The summed E-state index contributed by atoms with van der Waals surface area (Å²) in [5.41, 5.74) is 1.37. The Hall–Kier alpha value is -4.15. The fraction of sp³-hybridized carbons (Fsp3) is 0.333. The third-order valence-corrected chi connectivity index (χ3v) is 6.44. The summed E-state index contributed by atoms with van der Waals surface area (Å²) in [7, 11) is 0. The van der Waals surface area contributed by atoms with Crippen LogP contribution in [-0.4, -0.2) is 42.4 Å². The Labute approximate surface area is 217 Å². The van der Waals surface area contributed by atoms with Crippen LogP contribution in [0.4, 0.5) is 18.9 Å². The van der Waals surface area contributed by atoms with Crippen molar-refractivity contribution in [3.8, 4) is 5.69 Å². The van der Waals surface area contributed by atoms with Crippen molar-refractivity contribution in [2.75, 3.05) is 11.9 Å². The van der Waals surface area contributed by atoms with E-state index in [1.807, 2.05) is 13.1 Å². The van der Waals surface area contributed by atoms with E-state index in [2.05, 4.69) is 15.4 Å². The predicted octanol–water partition coefficient (Wildman–Crippen LogP) is 5.03. The van der Waals surface area contributed by atoms with E-state index in [1.165, 1.54) is 15.6 Å². The van der Waals surface area contributed by atoms with Crippen molar-refractivity contribution in [1.29, 1.82) is 0 Å². The van der Waals surface area contributed by atoms with Gasteiger partial charge in [0.2, 0.25) is 5.91 Å². The molecule has 0 atom stereocenters. The number of alkyl halides is 3. The smallest absolute Gasteiger partial charge is 0.337 e. The van der Waals surface area contributed by atoms with Gasteiger partial charge in [0.1, 0.15) is 5.65 Å². The molecule has 2 amide bonds. The number of imidazole rings is 1. The Morgan fingerprint density at radius 2 is 1.82 bits per heavy atom. The number of anilines is 1. The molecule has 1 aliphatic heterocycles. The molecular formula is C27H27F3N6O2. The van der Waals surface area contributed by atoms with Crippen LogP contribution in [0.25, 0.3) is 11.3 Å².